The summed E-state index contributed by atoms with van der Waals surface area (Å²) in [6.07, 6.45) is 0.547. The molecule has 2 heterocycles. The average molecular weight is 333 g/mol. The van der Waals surface area contributed by atoms with E-state index in [1.54, 1.807) is 11.3 Å². The largest absolute Gasteiger partial charge is 0.465 e. The van der Waals surface area contributed by atoms with Crippen molar-refractivity contribution in [2.24, 2.45) is 0 Å². The van der Waals surface area contributed by atoms with Gasteiger partial charge in [0.1, 0.15) is 0 Å². The third-order valence-corrected chi connectivity index (χ3v) is 4.90. The van der Waals surface area contributed by atoms with Crippen LogP contribution in [0.3, 0.4) is 0 Å². The Morgan fingerprint density at radius 1 is 1.65 bits per heavy atom. The van der Waals surface area contributed by atoms with Crippen molar-refractivity contribution >= 4 is 45.4 Å². The molecule has 0 aliphatic rings. The number of esters is 1. The maximum Gasteiger partial charge on any atom is 0.351 e. The number of nitrogens with zero attached hydrogens (tertiary/aromatic N) is 1. The van der Waals surface area contributed by atoms with E-state index >= 15 is 0 Å². The highest BCUT2D eigenvalue weighted by molar-refractivity contribution is 7.18. The first-order valence-corrected chi connectivity index (χ1v) is 7.88. The standard InChI is InChI=1S/C12H13ClN2O3S2/c1-18-11(17)9-10(13)15-12(20-9)14-7(4-5-16)8-3-2-6-19-8/h2-3,6-7,16H,4-5H2,1H3,(H,14,15). The van der Waals surface area contributed by atoms with Crippen LogP contribution in [0.25, 0.3) is 0 Å². The van der Waals surface area contributed by atoms with Gasteiger partial charge in [0.05, 0.1) is 13.2 Å². The second-order valence-electron chi connectivity index (χ2n) is 3.86. The molecule has 2 aromatic heterocycles. The van der Waals surface area contributed by atoms with Crippen molar-refractivity contribution in [2.75, 3.05) is 19.0 Å². The molecule has 108 valence electrons. The Balaban J connectivity index is 2.17. The number of hydrogen-bond donors (Lipinski definition) is 2. The number of ether oxygens (including phenoxy) is 1. The monoisotopic (exact) mass is 332 g/mol. The molecule has 0 fully saturated rings. The van der Waals surface area contributed by atoms with Crippen LogP contribution in [-0.4, -0.2) is 29.8 Å². The van der Waals surface area contributed by atoms with Gasteiger partial charge in [0.15, 0.2) is 15.2 Å². The molecule has 8 heteroatoms. The van der Waals surface area contributed by atoms with Gasteiger partial charge in [-0.05, 0) is 17.9 Å². The number of methoxy groups -OCH3 is 1. The lowest BCUT2D eigenvalue weighted by Gasteiger charge is -2.15. The fourth-order valence-electron chi connectivity index (χ4n) is 1.64. The van der Waals surface area contributed by atoms with Crippen LogP contribution in [0.15, 0.2) is 17.5 Å². The highest BCUT2D eigenvalue weighted by atomic mass is 35.5. The minimum absolute atomic E-state index is 0.0541. The highest BCUT2D eigenvalue weighted by Crippen LogP contribution is 2.32. The Hall–Kier alpha value is -1.15. The number of rotatable bonds is 6. The van der Waals surface area contributed by atoms with Crippen LogP contribution in [-0.2, 0) is 4.74 Å². The van der Waals surface area contributed by atoms with Crippen LogP contribution in [0.2, 0.25) is 5.15 Å². The summed E-state index contributed by atoms with van der Waals surface area (Å²) in [5.41, 5.74) is 0. The molecule has 0 amide bonds. The Morgan fingerprint density at radius 2 is 2.45 bits per heavy atom. The molecule has 1 unspecified atom stereocenters. The smallest absolute Gasteiger partial charge is 0.351 e. The van der Waals surface area contributed by atoms with E-state index in [2.05, 4.69) is 15.0 Å². The fourth-order valence-corrected chi connectivity index (χ4v) is 3.60. The van der Waals surface area contributed by atoms with Crippen LogP contribution in [0.5, 0.6) is 0 Å². The summed E-state index contributed by atoms with van der Waals surface area (Å²) >= 11 is 8.64. The van der Waals surface area contributed by atoms with Gasteiger partial charge in [-0.3, -0.25) is 0 Å². The fraction of sp³-hybridized carbons (Fsp3) is 0.333. The minimum Gasteiger partial charge on any atom is -0.465 e. The first-order chi connectivity index (χ1) is 9.65. The van der Waals surface area contributed by atoms with Crippen LogP contribution >= 0.6 is 34.3 Å². The van der Waals surface area contributed by atoms with E-state index in [0.717, 1.165) is 16.2 Å². The molecule has 0 aliphatic carbocycles. The van der Waals surface area contributed by atoms with Gasteiger partial charge >= 0.3 is 5.97 Å². The molecule has 0 bridgehead atoms. The molecule has 1 atom stereocenters. The van der Waals surface area contributed by atoms with E-state index in [9.17, 15) is 4.79 Å². The first-order valence-electron chi connectivity index (χ1n) is 5.81. The molecule has 20 heavy (non-hydrogen) atoms. The Bertz CT molecular complexity index is 571. The maximum atomic E-state index is 11.5. The lowest BCUT2D eigenvalue weighted by Crippen LogP contribution is -2.10. The Morgan fingerprint density at radius 3 is 3.05 bits per heavy atom. The van der Waals surface area contributed by atoms with Gasteiger partial charge in [-0.2, -0.15) is 0 Å². The van der Waals surface area contributed by atoms with Gasteiger partial charge in [-0.1, -0.05) is 29.0 Å². The number of carbonyl (C=O) groups excluding carboxylic acids is 1. The molecule has 0 radical (unpaired) electrons. The van der Waals surface area contributed by atoms with Crippen molar-refractivity contribution in [3.8, 4) is 0 Å². The van der Waals surface area contributed by atoms with E-state index in [-0.39, 0.29) is 22.7 Å². The van der Waals surface area contributed by atoms with Crippen molar-refractivity contribution < 1.29 is 14.6 Å². The van der Waals surface area contributed by atoms with Gasteiger partial charge < -0.3 is 15.2 Å². The summed E-state index contributed by atoms with van der Waals surface area (Å²) < 4.78 is 4.64. The molecule has 5 nitrogen and oxygen atoms in total. The SMILES string of the molecule is COC(=O)c1sc(NC(CCO)c2cccs2)nc1Cl. The van der Waals surface area contributed by atoms with Gasteiger partial charge in [-0.25, -0.2) is 9.78 Å². The number of halogens is 1. The number of carbonyl (C=O) groups is 1. The molecule has 2 N–H and O–H groups in total. The highest BCUT2D eigenvalue weighted by Gasteiger charge is 2.20. The summed E-state index contributed by atoms with van der Waals surface area (Å²) in [5, 5.41) is 15.0. The summed E-state index contributed by atoms with van der Waals surface area (Å²) in [6.45, 7) is 0.0541. The van der Waals surface area contributed by atoms with Gasteiger partial charge in [0.2, 0.25) is 0 Å². The van der Waals surface area contributed by atoms with Gasteiger partial charge in [0.25, 0.3) is 0 Å². The Kier molecular flexibility index (Phi) is 5.36. The predicted molar refractivity (Wildman–Crippen MR) is 80.8 cm³/mol. The van der Waals surface area contributed by atoms with Crippen LogP contribution in [0.1, 0.15) is 27.0 Å². The summed E-state index contributed by atoms with van der Waals surface area (Å²) in [6, 6.07) is 3.86. The Labute approximate surface area is 129 Å². The van der Waals surface area contributed by atoms with E-state index in [4.69, 9.17) is 16.7 Å². The van der Waals surface area contributed by atoms with Crippen LogP contribution in [0.4, 0.5) is 5.13 Å². The molecular formula is C12H13ClN2O3S2. The topological polar surface area (TPSA) is 71.5 Å². The summed E-state index contributed by atoms with van der Waals surface area (Å²) in [4.78, 5) is 16.9. The zero-order valence-electron chi connectivity index (χ0n) is 10.6. The van der Waals surface area contributed by atoms with Crippen LogP contribution < -0.4 is 5.32 Å². The number of anilines is 1. The van der Waals surface area contributed by atoms with Crippen molar-refractivity contribution in [2.45, 2.75) is 12.5 Å². The predicted octanol–water partition coefficient (Wildman–Crippen LogP) is 3.18. The lowest BCUT2D eigenvalue weighted by molar-refractivity contribution is 0.0606. The summed E-state index contributed by atoms with van der Waals surface area (Å²) in [5.74, 6) is -0.504. The number of thiazole rings is 1. The van der Waals surface area contributed by atoms with Crippen molar-refractivity contribution in [3.05, 3.63) is 32.4 Å². The average Bonchev–Trinajstić information content (AvgIpc) is 3.07. The number of aromatic nitrogens is 1. The molecule has 0 spiro atoms. The van der Waals surface area contributed by atoms with Gasteiger partial charge in [-0.15, -0.1) is 11.3 Å². The zero-order chi connectivity index (χ0) is 14.5. The molecule has 0 saturated heterocycles. The van der Waals surface area contributed by atoms with Crippen LogP contribution in [0, 0.1) is 0 Å². The summed E-state index contributed by atoms with van der Waals surface area (Å²) in [7, 11) is 1.30. The molecule has 2 rings (SSSR count). The first kappa shape index (κ1) is 15.2. The number of thiophene rings is 1. The zero-order valence-corrected chi connectivity index (χ0v) is 13.0. The molecular weight excluding hydrogens is 320 g/mol. The van der Waals surface area contributed by atoms with Crippen molar-refractivity contribution in [1.82, 2.24) is 4.98 Å². The third kappa shape index (κ3) is 3.49. The minimum atomic E-state index is -0.504. The normalized spacial score (nSPS) is 12.2. The number of aliphatic hydroxyl groups excluding tert-OH is 1. The number of hydrogen-bond acceptors (Lipinski definition) is 7. The third-order valence-electron chi connectivity index (χ3n) is 2.56. The van der Waals surface area contributed by atoms with Crippen molar-refractivity contribution in [1.29, 1.82) is 0 Å². The lowest BCUT2D eigenvalue weighted by atomic mass is 10.2. The molecule has 0 aliphatic heterocycles. The van der Waals surface area contributed by atoms with Gasteiger partial charge in [0, 0.05) is 11.5 Å². The maximum absolute atomic E-state index is 11.5. The second kappa shape index (κ2) is 7.03. The molecule has 0 saturated carbocycles. The van der Waals surface area contributed by atoms with E-state index < -0.39 is 5.97 Å². The van der Waals surface area contributed by atoms with E-state index in [1.807, 2.05) is 17.5 Å². The van der Waals surface area contributed by atoms with E-state index in [1.165, 1.54) is 7.11 Å². The number of aliphatic hydroxyl groups is 1. The molecule has 2 aromatic rings. The van der Waals surface area contributed by atoms with Crippen molar-refractivity contribution in [3.63, 3.8) is 0 Å². The number of nitrogens with one attached hydrogen (secondary N) is 1. The second-order valence-corrected chi connectivity index (χ2v) is 6.19. The quantitative estimate of drug-likeness (QED) is 0.795. The van der Waals surface area contributed by atoms with E-state index in [0.29, 0.717) is 11.6 Å². The molecule has 0 aromatic carbocycles.